The van der Waals surface area contributed by atoms with E-state index in [-0.39, 0.29) is 12.7 Å². The summed E-state index contributed by atoms with van der Waals surface area (Å²) in [5.74, 6) is 1.72. The van der Waals surface area contributed by atoms with Crippen molar-refractivity contribution < 1.29 is 14.3 Å². The van der Waals surface area contributed by atoms with E-state index in [4.69, 9.17) is 9.47 Å². The van der Waals surface area contributed by atoms with Crippen LogP contribution in [0.5, 0.6) is 11.5 Å². The Balaban J connectivity index is 1.39. The first-order valence-electron chi connectivity index (χ1n) is 7.83. The number of aromatic amines is 1. The van der Waals surface area contributed by atoms with Crippen LogP contribution in [0.4, 0.5) is 0 Å². The van der Waals surface area contributed by atoms with Gasteiger partial charge < -0.3 is 19.4 Å². The van der Waals surface area contributed by atoms with Gasteiger partial charge in [0.2, 0.25) is 12.7 Å². The summed E-state index contributed by atoms with van der Waals surface area (Å²) in [4.78, 5) is 17.8. The van der Waals surface area contributed by atoms with E-state index in [1.165, 1.54) is 11.3 Å². The molecule has 0 unspecified atom stereocenters. The lowest BCUT2D eigenvalue weighted by atomic mass is 10.1. The van der Waals surface area contributed by atoms with E-state index in [1.54, 1.807) is 0 Å². The average molecular weight is 456 g/mol. The summed E-state index contributed by atoms with van der Waals surface area (Å²) in [5.41, 5.74) is 3.47. The van der Waals surface area contributed by atoms with Gasteiger partial charge in [0.1, 0.15) is 0 Å². The summed E-state index contributed by atoms with van der Waals surface area (Å²) < 4.78 is 12.7. The number of rotatable bonds is 3. The van der Waals surface area contributed by atoms with Gasteiger partial charge in [-0.1, -0.05) is 6.07 Å². The van der Waals surface area contributed by atoms with Gasteiger partial charge in [0, 0.05) is 37.2 Å². The van der Waals surface area contributed by atoms with Crippen molar-refractivity contribution in [1.29, 1.82) is 0 Å². The topological polar surface area (TPSA) is 54.6 Å². The number of nitrogens with one attached hydrogen (secondary N) is 1. The Morgan fingerprint density at radius 1 is 1.25 bits per heavy atom. The third-order valence-corrected chi connectivity index (χ3v) is 6.48. The molecule has 2 aliphatic rings. The number of hydrogen-bond donors (Lipinski definition) is 1. The highest BCUT2D eigenvalue weighted by atomic mass is 79.9. The summed E-state index contributed by atoms with van der Waals surface area (Å²) in [6.07, 6.45) is 2.06. The van der Waals surface area contributed by atoms with E-state index in [0.717, 1.165) is 39.1 Å². The molecule has 4 rings (SSSR count). The van der Waals surface area contributed by atoms with Gasteiger partial charge in [0.25, 0.3) is 0 Å². The fraction of sp³-hybridized carbons (Fsp3) is 0.353. The van der Waals surface area contributed by atoms with E-state index in [2.05, 4.69) is 36.8 Å². The van der Waals surface area contributed by atoms with Crippen LogP contribution in [-0.4, -0.2) is 29.1 Å². The van der Waals surface area contributed by atoms with Gasteiger partial charge in [-0.05, 0) is 56.0 Å². The maximum Gasteiger partial charge on any atom is 0.231 e. The van der Waals surface area contributed by atoms with Crippen molar-refractivity contribution in [1.82, 2.24) is 9.88 Å². The van der Waals surface area contributed by atoms with E-state index in [1.807, 2.05) is 23.1 Å². The quantitative estimate of drug-likeness (QED) is 0.766. The lowest BCUT2D eigenvalue weighted by Gasteiger charge is -2.27. The molecule has 0 bridgehead atoms. The van der Waals surface area contributed by atoms with Gasteiger partial charge in [-0.3, -0.25) is 4.79 Å². The molecule has 24 heavy (non-hydrogen) atoms. The zero-order valence-corrected chi connectivity index (χ0v) is 16.1. The Kier molecular flexibility index (Phi) is 4.30. The number of amides is 1. The summed E-state index contributed by atoms with van der Waals surface area (Å²) in [6.45, 7) is 1.68. The standard InChI is InChI=1S/C17H16Br2N2O3/c18-16-11-8-21(6-5-12(11)20-17(16)19)15(22)4-2-10-1-3-13-14(7-10)24-9-23-13/h1,3,7,20H,2,4-6,8-9H2. The Morgan fingerprint density at radius 2 is 2.08 bits per heavy atom. The lowest BCUT2D eigenvalue weighted by Crippen LogP contribution is -2.36. The molecule has 1 N–H and O–H groups in total. The van der Waals surface area contributed by atoms with Crippen molar-refractivity contribution in [2.24, 2.45) is 0 Å². The minimum absolute atomic E-state index is 0.183. The van der Waals surface area contributed by atoms with Crippen LogP contribution in [0, 0.1) is 0 Å². The Hall–Kier alpha value is -1.47. The molecule has 5 nitrogen and oxygen atoms in total. The second-order valence-corrected chi connectivity index (χ2v) is 7.55. The number of nitrogens with zero attached hydrogens (tertiary/aromatic N) is 1. The van der Waals surface area contributed by atoms with Gasteiger partial charge in [-0.15, -0.1) is 0 Å². The smallest absolute Gasteiger partial charge is 0.231 e. The minimum atomic E-state index is 0.183. The van der Waals surface area contributed by atoms with E-state index in [9.17, 15) is 4.79 Å². The molecule has 0 spiro atoms. The largest absolute Gasteiger partial charge is 0.454 e. The SMILES string of the molecule is O=C(CCc1ccc2c(c1)OCO2)N1CCc2[nH]c(Br)c(Br)c2C1. The molecule has 2 aliphatic heterocycles. The third kappa shape index (κ3) is 2.95. The van der Waals surface area contributed by atoms with Crippen molar-refractivity contribution in [3.8, 4) is 11.5 Å². The highest BCUT2D eigenvalue weighted by Gasteiger charge is 2.25. The third-order valence-electron chi connectivity index (χ3n) is 4.48. The molecule has 0 aliphatic carbocycles. The second-order valence-electron chi connectivity index (χ2n) is 5.96. The first-order chi connectivity index (χ1) is 11.6. The Labute approximate surface area is 156 Å². The Bertz CT molecular complexity index is 803. The van der Waals surface area contributed by atoms with Gasteiger partial charge in [-0.25, -0.2) is 0 Å². The van der Waals surface area contributed by atoms with E-state index < -0.39 is 0 Å². The van der Waals surface area contributed by atoms with Crippen LogP contribution < -0.4 is 9.47 Å². The van der Waals surface area contributed by atoms with Crippen LogP contribution >= 0.6 is 31.9 Å². The fourth-order valence-electron chi connectivity index (χ4n) is 3.14. The molecular weight excluding hydrogens is 440 g/mol. The van der Waals surface area contributed by atoms with Crippen LogP contribution in [0.2, 0.25) is 0 Å². The number of aryl methyl sites for hydroxylation is 1. The maximum absolute atomic E-state index is 12.6. The monoisotopic (exact) mass is 454 g/mol. The summed E-state index contributed by atoms with van der Waals surface area (Å²) in [5, 5.41) is 0. The van der Waals surface area contributed by atoms with Crippen LogP contribution in [0.25, 0.3) is 0 Å². The first-order valence-corrected chi connectivity index (χ1v) is 9.41. The van der Waals surface area contributed by atoms with Crippen LogP contribution in [0.1, 0.15) is 23.2 Å². The predicted octanol–water partition coefficient (Wildman–Crippen LogP) is 3.79. The molecule has 1 amide bonds. The molecule has 3 heterocycles. The molecule has 0 saturated carbocycles. The zero-order valence-electron chi connectivity index (χ0n) is 12.9. The predicted molar refractivity (Wildman–Crippen MR) is 96.2 cm³/mol. The van der Waals surface area contributed by atoms with Crippen molar-refractivity contribution in [3.63, 3.8) is 0 Å². The highest BCUT2D eigenvalue weighted by molar-refractivity contribution is 9.13. The molecule has 1 aromatic carbocycles. The first kappa shape index (κ1) is 16.0. The summed E-state index contributed by atoms with van der Waals surface area (Å²) in [6, 6.07) is 5.86. The minimum Gasteiger partial charge on any atom is -0.454 e. The zero-order chi connectivity index (χ0) is 16.7. The number of carbonyl (C=O) groups is 1. The summed E-state index contributed by atoms with van der Waals surface area (Å²) >= 11 is 7.07. The molecule has 7 heteroatoms. The van der Waals surface area contributed by atoms with Crippen molar-refractivity contribution in [3.05, 3.63) is 44.1 Å². The number of fused-ring (bicyclic) bond motifs is 2. The molecule has 126 valence electrons. The number of halogens is 2. The summed E-state index contributed by atoms with van der Waals surface area (Å²) in [7, 11) is 0. The van der Waals surface area contributed by atoms with Crippen molar-refractivity contribution in [2.45, 2.75) is 25.8 Å². The van der Waals surface area contributed by atoms with Crippen molar-refractivity contribution in [2.75, 3.05) is 13.3 Å². The maximum atomic E-state index is 12.6. The number of carbonyl (C=O) groups excluding carboxylic acids is 1. The van der Waals surface area contributed by atoms with Gasteiger partial charge in [0.15, 0.2) is 11.5 Å². The molecule has 1 aromatic heterocycles. The normalized spacial score (nSPS) is 15.5. The number of hydrogen-bond acceptors (Lipinski definition) is 3. The van der Waals surface area contributed by atoms with E-state index >= 15 is 0 Å². The van der Waals surface area contributed by atoms with Crippen molar-refractivity contribution >= 4 is 37.8 Å². The molecule has 0 atom stereocenters. The van der Waals surface area contributed by atoms with Crippen LogP contribution in [0.15, 0.2) is 27.3 Å². The molecular formula is C17H16Br2N2O3. The number of H-pyrrole nitrogens is 1. The average Bonchev–Trinajstić information content (AvgIpc) is 3.17. The lowest BCUT2D eigenvalue weighted by molar-refractivity contribution is -0.132. The van der Waals surface area contributed by atoms with Gasteiger partial charge in [-0.2, -0.15) is 0 Å². The highest BCUT2D eigenvalue weighted by Crippen LogP contribution is 2.34. The Morgan fingerprint density at radius 3 is 2.96 bits per heavy atom. The van der Waals surface area contributed by atoms with Crippen LogP contribution in [0.3, 0.4) is 0 Å². The fourth-order valence-corrected chi connectivity index (χ4v) is 4.08. The van der Waals surface area contributed by atoms with Gasteiger partial charge >= 0.3 is 0 Å². The molecule has 0 radical (unpaired) electrons. The molecule has 0 saturated heterocycles. The van der Waals surface area contributed by atoms with Gasteiger partial charge in [0.05, 0.1) is 9.08 Å². The number of ether oxygens (including phenoxy) is 2. The second kappa shape index (κ2) is 6.44. The number of aromatic nitrogens is 1. The number of benzene rings is 1. The molecule has 0 fully saturated rings. The van der Waals surface area contributed by atoms with Crippen LogP contribution in [-0.2, 0) is 24.2 Å². The molecule has 2 aromatic rings. The van der Waals surface area contributed by atoms with E-state index in [0.29, 0.717) is 19.4 Å².